The quantitative estimate of drug-likeness (QED) is 0.0602. The first-order chi connectivity index (χ1) is 39.1. The van der Waals surface area contributed by atoms with Gasteiger partial charge in [0.1, 0.15) is 0 Å². The summed E-state index contributed by atoms with van der Waals surface area (Å²) < 4.78 is 133. The Hall–Kier alpha value is -9.87. The van der Waals surface area contributed by atoms with Crippen LogP contribution in [0.4, 0.5) is 39.5 Å². The Morgan fingerprint density at radius 3 is 1.36 bits per heavy atom. The number of aryl methyl sites for hydroxylation is 1. The zero-order valence-electron chi connectivity index (χ0n) is 44.3. The molecule has 9 aromatic rings. The van der Waals surface area contributed by atoms with Crippen molar-refractivity contribution >= 4 is 68.3 Å². The number of carbonyl (C=O) groups excluding carboxylic acids is 4. The molecule has 432 valence electrons. The van der Waals surface area contributed by atoms with Crippen molar-refractivity contribution in [2.75, 3.05) is 0 Å². The third-order valence-corrected chi connectivity index (χ3v) is 13.5. The van der Waals surface area contributed by atoms with Crippen LogP contribution in [0.25, 0.3) is 32.7 Å². The van der Waals surface area contributed by atoms with E-state index in [4.69, 9.17) is 9.84 Å². The molecule has 0 bridgehead atoms. The number of hydrogen-bond acceptors (Lipinski definition) is 10. The maximum atomic E-state index is 14.9. The molecule has 1 atom stereocenters. The van der Waals surface area contributed by atoms with Gasteiger partial charge in [0.05, 0.1) is 40.0 Å². The van der Waals surface area contributed by atoms with E-state index in [1.54, 1.807) is 13.8 Å². The first kappa shape index (κ1) is 60.8. The molecule has 0 aliphatic heterocycles. The number of nitrogens with zero attached hydrogens (tertiary/aromatic N) is 3. The van der Waals surface area contributed by atoms with Gasteiger partial charge in [-0.15, -0.1) is 0 Å². The van der Waals surface area contributed by atoms with Crippen LogP contribution >= 0.6 is 0 Å². The van der Waals surface area contributed by atoms with Crippen molar-refractivity contribution in [2.24, 2.45) is 0 Å². The lowest BCUT2D eigenvalue weighted by atomic mass is 9.92. The lowest BCUT2D eigenvalue weighted by Crippen LogP contribution is -2.16. The van der Waals surface area contributed by atoms with Crippen LogP contribution in [-0.4, -0.2) is 74.9 Å². The van der Waals surface area contributed by atoms with Gasteiger partial charge in [-0.2, -0.15) is 0 Å². The van der Waals surface area contributed by atoms with E-state index in [1.807, 2.05) is 0 Å². The number of carboxylic acids is 2. The molecule has 83 heavy (non-hydrogen) atoms. The molecule has 0 aliphatic carbocycles. The second-order valence-corrected chi connectivity index (χ2v) is 18.7. The van der Waals surface area contributed by atoms with E-state index in [1.165, 1.54) is 39.0 Å². The number of phenols is 3. The van der Waals surface area contributed by atoms with Gasteiger partial charge in [-0.3, -0.25) is 42.5 Å². The maximum absolute atomic E-state index is 14.9. The first-order valence-corrected chi connectivity index (χ1v) is 24.8. The van der Waals surface area contributed by atoms with Gasteiger partial charge < -0.3 is 30.3 Å². The summed E-state index contributed by atoms with van der Waals surface area (Å²) in [6, 6.07) is 13.8. The fraction of sp³-hybridized carbons (Fsp3) is 0.186. The van der Waals surface area contributed by atoms with E-state index in [0.29, 0.717) is 12.5 Å². The molecule has 0 spiro atoms. The molecule has 5 N–H and O–H groups in total. The van der Waals surface area contributed by atoms with Crippen LogP contribution < -0.4 is 4.74 Å². The summed E-state index contributed by atoms with van der Waals surface area (Å²) in [7, 11) is 0. The molecule has 0 aliphatic rings. The number of esters is 1. The standard InChI is InChI=1S/C21H18F3NO4.C20H16F3NO4.C18H12F3NO4/c1-3-4-12(21(28)29)17-10(2)25(15-7-8-16(26)19(24)18(15)17)20(27)11-5-6-13(22)14(23)9-11;1-4-11-8-15-16(17(23)18(11)26)19(28-10(3)25)9(2)24(15)20(27)12-5-6-13(21)14(22)7-12;1-8-10(7-15(24)25)16-13(4-5-14(23)17(16)21)22(8)18(26)9-2-3-11(19)12(20)6-9/h5-9,12,26H,3-4H2,1-2H3,(H,28,29);5-8,26H,4H2,1-3H3;2-6,23H,7H2,1H3,(H,24,25). The van der Waals surface area contributed by atoms with Crippen molar-refractivity contribution in [2.45, 2.75) is 73.1 Å². The smallest absolute Gasteiger partial charge is 0.311 e. The van der Waals surface area contributed by atoms with Gasteiger partial charge in [-0.1, -0.05) is 20.3 Å². The van der Waals surface area contributed by atoms with Crippen molar-refractivity contribution in [3.63, 3.8) is 0 Å². The molecular formula is C59H46F9N3O12. The largest absolute Gasteiger partial charge is 0.505 e. The van der Waals surface area contributed by atoms with E-state index < -0.39 is 118 Å². The number of phenolic OH excluding ortho intramolecular Hbond substituents is 3. The van der Waals surface area contributed by atoms with E-state index >= 15 is 0 Å². The highest BCUT2D eigenvalue weighted by atomic mass is 19.2. The number of carboxylic acid groups (broad SMARTS) is 2. The molecule has 0 amide bonds. The van der Waals surface area contributed by atoms with Gasteiger partial charge in [-0.05, 0) is 135 Å². The molecule has 0 fully saturated rings. The summed E-state index contributed by atoms with van der Waals surface area (Å²) in [6.45, 7) is 8.84. The number of halogens is 9. The summed E-state index contributed by atoms with van der Waals surface area (Å²) in [5.41, 5.74) is 0.189. The highest BCUT2D eigenvalue weighted by Gasteiger charge is 2.33. The summed E-state index contributed by atoms with van der Waals surface area (Å²) in [6.07, 6.45) is 0.357. The Morgan fingerprint density at radius 1 is 0.518 bits per heavy atom. The molecule has 1 unspecified atom stereocenters. The highest BCUT2D eigenvalue weighted by Crippen LogP contribution is 2.42. The fourth-order valence-electron chi connectivity index (χ4n) is 9.61. The Balaban J connectivity index is 0.000000179. The van der Waals surface area contributed by atoms with Crippen LogP contribution in [0.3, 0.4) is 0 Å². The Labute approximate surface area is 463 Å². The summed E-state index contributed by atoms with van der Waals surface area (Å²) in [5, 5.41) is 47.6. The average molecular weight is 1160 g/mol. The number of rotatable bonds is 11. The number of aromatic nitrogens is 3. The van der Waals surface area contributed by atoms with E-state index in [0.717, 1.165) is 81.3 Å². The van der Waals surface area contributed by atoms with Crippen LogP contribution in [-0.2, 0) is 27.2 Å². The third-order valence-electron chi connectivity index (χ3n) is 13.5. The predicted octanol–water partition coefficient (Wildman–Crippen LogP) is 12.4. The third kappa shape index (κ3) is 11.4. The number of aromatic hydroxyl groups is 3. The van der Waals surface area contributed by atoms with Gasteiger partial charge in [0.15, 0.2) is 75.4 Å². The number of benzene rings is 6. The summed E-state index contributed by atoms with van der Waals surface area (Å²) >= 11 is 0. The van der Waals surface area contributed by atoms with Gasteiger partial charge in [0.25, 0.3) is 17.7 Å². The minimum absolute atomic E-state index is 0.0110. The Morgan fingerprint density at radius 2 is 0.952 bits per heavy atom. The van der Waals surface area contributed by atoms with Crippen LogP contribution in [0.15, 0.2) is 84.9 Å². The number of carbonyl (C=O) groups is 6. The number of hydrogen-bond donors (Lipinski definition) is 5. The molecule has 0 saturated carbocycles. The van der Waals surface area contributed by atoms with E-state index in [9.17, 15) is 88.7 Å². The lowest BCUT2D eigenvalue weighted by molar-refractivity contribution is -0.139. The van der Waals surface area contributed by atoms with Gasteiger partial charge in [-0.25, -0.2) is 39.5 Å². The average Bonchev–Trinajstić information content (AvgIpc) is 2.62. The molecule has 15 nitrogen and oxygen atoms in total. The fourth-order valence-corrected chi connectivity index (χ4v) is 9.61. The number of ether oxygens (including phenoxy) is 1. The molecule has 0 radical (unpaired) electrons. The van der Waals surface area contributed by atoms with Gasteiger partial charge >= 0.3 is 17.9 Å². The minimum atomic E-state index is -1.25. The van der Waals surface area contributed by atoms with Gasteiger partial charge in [0, 0.05) is 45.8 Å². The Bertz CT molecular complexity index is 4180. The predicted molar refractivity (Wildman–Crippen MR) is 280 cm³/mol. The second-order valence-electron chi connectivity index (χ2n) is 18.7. The van der Waals surface area contributed by atoms with Crippen molar-refractivity contribution in [3.8, 4) is 23.0 Å². The second kappa shape index (κ2) is 24.1. The highest BCUT2D eigenvalue weighted by molar-refractivity contribution is 6.08. The SMILES string of the molecule is CCCC(C(=O)O)c1c(C)n(C(=O)c2ccc(F)c(F)c2)c2ccc(O)c(F)c12.CCc1cc2c(c(F)c1O)c(OC(C)=O)c(C)n2C(=O)c1ccc(F)c(F)c1.Cc1c(CC(=O)O)c2c(F)c(O)ccc2n1C(=O)c1ccc(F)c(F)c1. The van der Waals surface area contributed by atoms with Crippen LogP contribution in [0.2, 0.25) is 0 Å². The number of aliphatic carboxylic acids is 2. The normalized spacial score (nSPS) is 11.5. The monoisotopic (exact) mass is 1160 g/mol. The topological polar surface area (TPSA) is 228 Å². The maximum Gasteiger partial charge on any atom is 0.311 e. The van der Waals surface area contributed by atoms with Crippen molar-refractivity contribution in [1.82, 2.24) is 13.7 Å². The Kier molecular flexibility index (Phi) is 17.6. The number of fused-ring (bicyclic) bond motifs is 3. The van der Waals surface area contributed by atoms with E-state index in [-0.39, 0.29) is 102 Å². The van der Waals surface area contributed by atoms with Crippen molar-refractivity contribution in [1.29, 1.82) is 0 Å². The van der Waals surface area contributed by atoms with E-state index in [2.05, 4.69) is 0 Å². The molecule has 6 aromatic carbocycles. The first-order valence-electron chi connectivity index (χ1n) is 24.8. The van der Waals surface area contributed by atoms with Crippen molar-refractivity contribution in [3.05, 3.63) is 188 Å². The molecule has 0 saturated heterocycles. The van der Waals surface area contributed by atoms with Crippen LogP contribution in [0.1, 0.15) is 104 Å². The molecule has 3 aromatic heterocycles. The molecule has 9 rings (SSSR count). The zero-order valence-corrected chi connectivity index (χ0v) is 44.3. The van der Waals surface area contributed by atoms with Crippen LogP contribution in [0.5, 0.6) is 23.0 Å². The zero-order chi connectivity index (χ0) is 61.4. The van der Waals surface area contributed by atoms with Gasteiger partial charge in [0.2, 0.25) is 0 Å². The lowest BCUT2D eigenvalue weighted by Gasteiger charge is -2.13. The van der Waals surface area contributed by atoms with Crippen molar-refractivity contribution < 1.29 is 98.6 Å². The summed E-state index contributed by atoms with van der Waals surface area (Å²) in [4.78, 5) is 73.2. The molecule has 24 heteroatoms. The van der Waals surface area contributed by atoms with Crippen LogP contribution in [0, 0.1) is 73.1 Å². The molecular weight excluding hydrogens is 1110 g/mol. The molecule has 3 heterocycles. The minimum Gasteiger partial charge on any atom is -0.505 e. The summed E-state index contributed by atoms with van der Waals surface area (Å²) in [5.74, 6) is -19.0.